The lowest BCUT2D eigenvalue weighted by atomic mass is 9.93. The molecule has 1 aliphatic heterocycles. The van der Waals surface area contributed by atoms with Gasteiger partial charge >= 0.3 is 0 Å². The number of halogens is 2. The molecule has 1 aliphatic rings. The standard InChI is InChI=1S/C21H23BrClNO/c1-14-18(15(2)24-9-5-4-6-10-24)12-17(23)13-19(14)20-11-16(22)7-8-21(20)25-3/h7-8,11-13H,2,4-6,9-10H2,1,3H3. The number of methoxy groups -OCH3 is 1. The van der Waals surface area contributed by atoms with Crippen molar-refractivity contribution in [1.82, 2.24) is 4.90 Å². The minimum absolute atomic E-state index is 0.718. The summed E-state index contributed by atoms with van der Waals surface area (Å²) in [5, 5.41) is 0.718. The predicted octanol–water partition coefficient (Wildman–Crippen LogP) is 6.54. The molecule has 0 radical (unpaired) electrons. The predicted molar refractivity (Wildman–Crippen MR) is 110 cm³/mol. The molecule has 25 heavy (non-hydrogen) atoms. The third-order valence-electron chi connectivity index (χ3n) is 4.87. The van der Waals surface area contributed by atoms with Gasteiger partial charge in [0.05, 0.1) is 7.11 Å². The molecule has 0 saturated carbocycles. The first-order chi connectivity index (χ1) is 12.0. The van der Waals surface area contributed by atoms with Crippen molar-refractivity contribution in [1.29, 1.82) is 0 Å². The maximum absolute atomic E-state index is 6.48. The van der Waals surface area contributed by atoms with Crippen molar-refractivity contribution in [2.45, 2.75) is 26.2 Å². The van der Waals surface area contributed by atoms with E-state index in [1.165, 1.54) is 24.8 Å². The van der Waals surface area contributed by atoms with Gasteiger partial charge in [0.25, 0.3) is 0 Å². The molecule has 2 nitrogen and oxygen atoms in total. The normalized spacial score (nSPS) is 14.5. The van der Waals surface area contributed by atoms with Crippen LogP contribution in [0, 0.1) is 6.92 Å². The SMILES string of the molecule is C=C(c1cc(Cl)cc(-c2cc(Br)ccc2OC)c1C)N1CCCCC1. The van der Waals surface area contributed by atoms with Crippen molar-refractivity contribution in [3.8, 4) is 16.9 Å². The minimum atomic E-state index is 0.718. The van der Waals surface area contributed by atoms with Gasteiger partial charge in [0.2, 0.25) is 0 Å². The Kier molecular flexibility index (Phi) is 5.75. The van der Waals surface area contributed by atoms with E-state index >= 15 is 0 Å². The molecule has 0 bridgehead atoms. The number of rotatable bonds is 4. The van der Waals surface area contributed by atoms with Crippen molar-refractivity contribution in [3.63, 3.8) is 0 Å². The lowest BCUT2D eigenvalue weighted by Crippen LogP contribution is -2.28. The quantitative estimate of drug-likeness (QED) is 0.556. The molecule has 1 saturated heterocycles. The summed E-state index contributed by atoms with van der Waals surface area (Å²) in [6.07, 6.45) is 3.76. The lowest BCUT2D eigenvalue weighted by molar-refractivity contribution is 0.326. The monoisotopic (exact) mass is 419 g/mol. The molecule has 0 spiro atoms. The van der Waals surface area contributed by atoms with E-state index < -0.39 is 0 Å². The van der Waals surface area contributed by atoms with Crippen molar-refractivity contribution in [3.05, 3.63) is 57.5 Å². The Morgan fingerprint density at radius 3 is 2.52 bits per heavy atom. The van der Waals surface area contributed by atoms with Gasteiger partial charge in [-0.25, -0.2) is 0 Å². The van der Waals surface area contributed by atoms with Gasteiger partial charge in [0, 0.05) is 39.4 Å². The molecular weight excluding hydrogens is 398 g/mol. The van der Waals surface area contributed by atoms with Gasteiger partial charge in [-0.2, -0.15) is 0 Å². The van der Waals surface area contributed by atoms with Gasteiger partial charge in [-0.1, -0.05) is 34.1 Å². The average Bonchev–Trinajstić information content (AvgIpc) is 2.63. The van der Waals surface area contributed by atoms with Crippen LogP contribution in [0.4, 0.5) is 0 Å². The van der Waals surface area contributed by atoms with Gasteiger partial charge in [-0.3, -0.25) is 0 Å². The second-order valence-electron chi connectivity index (χ2n) is 6.46. The molecule has 0 N–H and O–H groups in total. The molecule has 4 heteroatoms. The van der Waals surface area contributed by atoms with Crippen molar-refractivity contribution in [2.24, 2.45) is 0 Å². The van der Waals surface area contributed by atoms with Gasteiger partial charge in [-0.05, 0) is 67.6 Å². The van der Waals surface area contributed by atoms with Gasteiger partial charge in [0.1, 0.15) is 5.75 Å². The van der Waals surface area contributed by atoms with Crippen LogP contribution in [-0.4, -0.2) is 25.1 Å². The van der Waals surface area contributed by atoms with E-state index in [-0.39, 0.29) is 0 Å². The Labute approximate surface area is 163 Å². The van der Waals surface area contributed by atoms with Crippen molar-refractivity contribution >= 4 is 33.2 Å². The van der Waals surface area contributed by atoms with Crippen LogP contribution in [0.2, 0.25) is 5.02 Å². The van der Waals surface area contributed by atoms with E-state index in [0.29, 0.717) is 0 Å². The number of hydrogen-bond acceptors (Lipinski definition) is 2. The zero-order valence-electron chi connectivity index (χ0n) is 14.7. The Hall–Kier alpha value is -1.45. The van der Waals surface area contributed by atoms with Crippen LogP contribution >= 0.6 is 27.5 Å². The Bertz CT molecular complexity index is 797. The molecule has 0 amide bonds. The third-order valence-corrected chi connectivity index (χ3v) is 5.58. The third kappa shape index (κ3) is 3.88. The lowest BCUT2D eigenvalue weighted by Gasteiger charge is -2.31. The molecule has 0 unspecified atom stereocenters. The summed E-state index contributed by atoms with van der Waals surface area (Å²) in [6, 6.07) is 10.1. The van der Waals surface area contributed by atoms with E-state index in [4.69, 9.17) is 16.3 Å². The van der Waals surface area contributed by atoms with Crippen LogP contribution in [-0.2, 0) is 0 Å². The fourth-order valence-corrected chi connectivity index (χ4v) is 4.06. The van der Waals surface area contributed by atoms with Crippen LogP contribution < -0.4 is 4.74 Å². The molecule has 132 valence electrons. The Morgan fingerprint density at radius 2 is 1.84 bits per heavy atom. The van der Waals surface area contributed by atoms with E-state index in [9.17, 15) is 0 Å². The maximum atomic E-state index is 6.48. The summed E-state index contributed by atoms with van der Waals surface area (Å²) in [7, 11) is 1.69. The first-order valence-electron chi connectivity index (χ1n) is 8.59. The van der Waals surface area contributed by atoms with Crippen LogP contribution in [0.1, 0.15) is 30.4 Å². The van der Waals surface area contributed by atoms with Gasteiger partial charge in [-0.15, -0.1) is 0 Å². The number of hydrogen-bond donors (Lipinski definition) is 0. The van der Waals surface area contributed by atoms with Crippen LogP contribution in [0.5, 0.6) is 5.75 Å². The molecule has 2 aromatic carbocycles. The molecule has 0 atom stereocenters. The van der Waals surface area contributed by atoms with Gasteiger partial charge in [0.15, 0.2) is 0 Å². The van der Waals surface area contributed by atoms with Crippen LogP contribution in [0.25, 0.3) is 16.8 Å². The second kappa shape index (κ2) is 7.84. The summed E-state index contributed by atoms with van der Waals surface area (Å²) in [5.74, 6) is 0.836. The zero-order chi connectivity index (χ0) is 18.0. The van der Waals surface area contributed by atoms with Crippen molar-refractivity contribution in [2.75, 3.05) is 20.2 Å². The summed E-state index contributed by atoms with van der Waals surface area (Å²) >= 11 is 10.0. The second-order valence-corrected chi connectivity index (χ2v) is 7.82. The van der Waals surface area contributed by atoms with E-state index in [1.807, 2.05) is 24.3 Å². The number of ether oxygens (including phenoxy) is 1. The number of piperidine rings is 1. The highest BCUT2D eigenvalue weighted by Crippen LogP contribution is 2.39. The fraction of sp³-hybridized carbons (Fsp3) is 0.333. The number of benzene rings is 2. The van der Waals surface area contributed by atoms with Crippen molar-refractivity contribution < 1.29 is 4.74 Å². The van der Waals surface area contributed by atoms with Gasteiger partial charge < -0.3 is 9.64 Å². The highest BCUT2D eigenvalue weighted by molar-refractivity contribution is 9.10. The Morgan fingerprint density at radius 1 is 1.12 bits per heavy atom. The molecular formula is C21H23BrClNO. The molecule has 0 aliphatic carbocycles. The first kappa shape index (κ1) is 18.3. The Balaban J connectivity index is 2.09. The number of likely N-dealkylation sites (tertiary alicyclic amines) is 1. The van der Waals surface area contributed by atoms with Crippen LogP contribution in [0.15, 0.2) is 41.4 Å². The largest absolute Gasteiger partial charge is 0.496 e. The van der Waals surface area contributed by atoms with E-state index in [0.717, 1.165) is 50.7 Å². The smallest absolute Gasteiger partial charge is 0.126 e. The average molecular weight is 421 g/mol. The summed E-state index contributed by atoms with van der Waals surface area (Å²) in [6.45, 7) is 8.65. The minimum Gasteiger partial charge on any atom is -0.496 e. The maximum Gasteiger partial charge on any atom is 0.126 e. The molecule has 1 heterocycles. The molecule has 2 aromatic rings. The fourth-order valence-electron chi connectivity index (χ4n) is 3.48. The molecule has 0 aromatic heterocycles. The van der Waals surface area contributed by atoms with E-state index in [2.05, 4.69) is 40.4 Å². The highest BCUT2D eigenvalue weighted by Gasteiger charge is 2.19. The summed E-state index contributed by atoms with van der Waals surface area (Å²) < 4.78 is 6.58. The summed E-state index contributed by atoms with van der Waals surface area (Å²) in [4.78, 5) is 2.38. The van der Waals surface area contributed by atoms with E-state index in [1.54, 1.807) is 7.11 Å². The molecule has 3 rings (SSSR count). The number of nitrogens with zero attached hydrogens (tertiary/aromatic N) is 1. The highest BCUT2D eigenvalue weighted by atomic mass is 79.9. The molecule has 1 fully saturated rings. The van der Waals surface area contributed by atoms with Crippen LogP contribution in [0.3, 0.4) is 0 Å². The summed E-state index contributed by atoms with van der Waals surface area (Å²) in [5.41, 5.74) is 5.47. The topological polar surface area (TPSA) is 12.5 Å². The zero-order valence-corrected chi connectivity index (χ0v) is 17.1. The first-order valence-corrected chi connectivity index (χ1v) is 9.76.